The third kappa shape index (κ3) is 5.36. The number of halogens is 1. The smallest absolute Gasteiger partial charge is 0.430 e. The van der Waals surface area contributed by atoms with Crippen molar-refractivity contribution in [3.8, 4) is 0 Å². The first-order chi connectivity index (χ1) is 16.0. The molecule has 3 heterocycles. The average molecular weight is 517 g/mol. The zero-order valence-corrected chi connectivity index (χ0v) is 21.4. The van der Waals surface area contributed by atoms with Crippen molar-refractivity contribution in [2.75, 3.05) is 18.5 Å². The van der Waals surface area contributed by atoms with E-state index in [1.54, 1.807) is 22.6 Å². The number of nitrogens with zero attached hydrogens (tertiary/aromatic N) is 2. The molecule has 170 valence electrons. The van der Waals surface area contributed by atoms with Gasteiger partial charge in [0, 0.05) is 28.9 Å². The number of ether oxygens (including phenoxy) is 1. The number of benzene rings is 2. The van der Waals surface area contributed by atoms with E-state index in [4.69, 9.17) is 22.1 Å². The summed E-state index contributed by atoms with van der Waals surface area (Å²) in [5.74, 6) is 0.0311. The molecule has 0 fully saturated rings. The van der Waals surface area contributed by atoms with E-state index in [-0.39, 0.29) is 5.91 Å². The Bertz CT molecular complexity index is 1180. The summed E-state index contributed by atoms with van der Waals surface area (Å²) in [5.41, 5.74) is 7.61. The van der Waals surface area contributed by atoms with Gasteiger partial charge in [-0.15, -0.1) is 0 Å². The molecule has 0 radical (unpaired) electrons. The van der Waals surface area contributed by atoms with Crippen molar-refractivity contribution >= 4 is 63.5 Å². The van der Waals surface area contributed by atoms with Crippen molar-refractivity contribution in [2.24, 2.45) is 5.73 Å². The summed E-state index contributed by atoms with van der Waals surface area (Å²) in [6.07, 6.45) is 3.57. The summed E-state index contributed by atoms with van der Waals surface area (Å²) >= 11 is 10.7. The van der Waals surface area contributed by atoms with E-state index in [9.17, 15) is 4.79 Å². The summed E-state index contributed by atoms with van der Waals surface area (Å²) in [5, 5.41) is 5.19. The summed E-state index contributed by atoms with van der Waals surface area (Å²) < 4.78 is 7.20. The molecule has 0 unspecified atom stereocenters. The molecule has 2 aromatic carbocycles. The second-order valence-corrected chi connectivity index (χ2v) is 10.5. The lowest BCUT2D eigenvalue weighted by Gasteiger charge is -2.13. The minimum absolute atomic E-state index is 0.0311. The molecular formula is C24H23ClN3O2S3+. The Morgan fingerprint density at radius 3 is 2.61 bits per heavy atom. The van der Waals surface area contributed by atoms with Crippen LogP contribution < -0.4 is 10.6 Å². The molecule has 1 amide bonds. The monoisotopic (exact) mass is 516 g/mol. The summed E-state index contributed by atoms with van der Waals surface area (Å²) in [6.45, 7) is 3.24. The van der Waals surface area contributed by atoms with Crippen LogP contribution in [-0.2, 0) is 16.1 Å². The van der Waals surface area contributed by atoms with Gasteiger partial charge in [0.1, 0.15) is 5.03 Å². The van der Waals surface area contributed by atoms with Crippen LogP contribution in [0.1, 0.15) is 12.5 Å². The van der Waals surface area contributed by atoms with Gasteiger partial charge in [-0.3, -0.25) is 0 Å². The van der Waals surface area contributed by atoms with Gasteiger partial charge < -0.3 is 15.4 Å². The lowest BCUT2D eigenvalue weighted by atomic mass is 10.2. The standard InChI is InChI=1S/C17H14ClN2O2S3.C7H9N/c1-3-20-13(9-14-22-6-7-23-14)25-15(16(20)21)17-19(2)11-5-4-10(18)8-12(11)24-17;8-6-7-4-2-1-3-5-7/h4-9H,3H2,1-2H3;1-5H,6,8H2/q+1;/b14-9-,17-15+;. The number of amides is 1. The van der Waals surface area contributed by atoms with Crippen LogP contribution in [0.25, 0.3) is 0 Å². The summed E-state index contributed by atoms with van der Waals surface area (Å²) in [4.78, 5) is 16.8. The second-order valence-electron chi connectivity index (χ2n) is 7.06. The molecule has 0 saturated carbocycles. The number of rotatable bonds is 3. The molecule has 5 nitrogen and oxygen atoms in total. The molecular weight excluding hydrogens is 494 g/mol. The molecule has 0 aromatic heterocycles. The largest absolute Gasteiger partial charge is 0.457 e. The number of nitrogens with two attached hydrogens (primary N) is 1. The van der Waals surface area contributed by atoms with Crippen molar-refractivity contribution in [3.05, 3.63) is 91.9 Å². The molecule has 2 N–H and O–H groups in total. The fourth-order valence-corrected chi connectivity index (χ4v) is 6.63. The molecule has 0 bridgehead atoms. The number of hydrogen-bond donors (Lipinski definition) is 1. The van der Waals surface area contributed by atoms with E-state index < -0.39 is 0 Å². The molecule has 9 heteroatoms. The quantitative estimate of drug-likeness (QED) is 0.398. The number of fused-ring (bicyclic) bond motifs is 1. The van der Waals surface area contributed by atoms with Crippen LogP contribution in [0.15, 0.2) is 86.2 Å². The SMILES string of the molecule is CC[N+]1=C(/C=C2/OC=CS2)S/C(=C2/Sc3cc(Cl)ccc3N2C)C1=O.NCc1ccccc1. The van der Waals surface area contributed by atoms with Gasteiger partial charge in [-0.25, -0.2) is 4.79 Å². The number of hydrogen-bond acceptors (Lipinski definition) is 7. The van der Waals surface area contributed by atoms with Gasteiger partial charge in [0.25, 0.3) is 5.04 Å². The molecule has 2 aromatic rings. The van der Waals surface area contributed by atoms with E-state index >= 15 is 0 Å². The summed E-state index contributed by atoms with van der Waals surface area (Å²) in [7, 11) is 1.98. The van der Waals surface area contributed by atoms with E-state index in [0.29, 0.717) is 18.1 Å². The molecule has 0 saturated heterocycles. The van der Waals surface area contributed by atoms with Gasteiger partial charge in [0.15, 0.2) is 16.5 Å². The highest BCUT2D eigenvalue weighted by Crippen LogP contribution is 2.50. The van der Waals surface area contributed by atoms with Crippen LogP contribution in [0, 0.1) is 0 Å². The van der Waals surface area contributed by atoms with Crippen molar-refractivity contribution in [1.82, 2.24) is 0 Å². The Labute approximate surface area is 211 Å². The summed E-state index contributed by atoms with van der Waals surface area (Å²) in [6, 6.07) is 15.8. The Balaban J connectivity index is 0.000000275. The minimum atomic E-state index is 0.0311. The number of anilines is 1. The Hall–Kier alpha value is -2.10. The van der Waals surface area contributed by atoms with Gasteiger partial charge in [-0.05, 0) is 42.4 Å². The molecule has 33 heavy (non-hydrogen) atoms. The lowest BCUT2D eigenvalue weighted by Crippen LogP contribution is -2.21. The number of likely N-dealkylation sites (N-methyl/N-ethyl adjacent to an activating group) is 1. The number of thioether (sulfide) groups is 3. The van der Waals surface area contributed by atoms with E-state index in [1.165, 1.54) is 29.1 Å². The zero-order valence-electron chi connectivity index (χ0n) is 18.2. The van der Waals surface area contributed by atoms with Crippen LogP contribution in [-0.4, -0.2) is 29.1 Å². The van der Waals surface area contributed by atoms with Crippen molar-refractivity contribution in [3.63, 3.8) is 0 Å². The maximum Gasteiger partial charge on any atom is 0.430 e. The molecule has 5 rings (SSSR count). The van der Waals surface area contributed by atoms with Crippen molar-refractivity contribution in [1.29, 1.82) is 0 Å². The topological polar surface area (TPSA) is 58.6 Å². The maximum absolute atomic E-state index is 12.9. The predicted octanol–water partition coefficient (Wildman–Crippen LogP) is 5.98. The fraction of sp³-hybridized carbons (Fsp3) is 0.167. The van der Waals surface area contributed by atoms with Crippen LogP contribution >= 0.6 is 46.9 Å². The van der Waals surface area contributed by atoms with Crippen molar-refractivity contribution < 1.29 is 14.1 Å². The molecule has 0 spiro atoms. The van der Waals surface area contributed by atoms with Gasteiger partial charge >= 0.3 is 5.91 Å². The molecule has 0 aliphatic carbocycles. The average Bonchev–Trinajstić information content (AvgIpc) is 3.53. The van der Waals surface area contributed by atoms with Gasteiger partial charge in [-0.2, -0.15) is 4.58 Å². The van der Waals surface area contributed by atoms with E-state index in [1.807, 2.05) is 74.0 Å². The highest BCUT2D eigenvalue weighted by molar-refractivity contribution is 8.19. The third-order valence-electron chi connectivity index (χ3n) is 4.96. The van der Waals surface area contributed by atoms with Crippen LogP contribution in [0.5, 0.6) is 0 Å². The Morgan fingerprint density at radius 1 is 1.18 bits per heavy atom. The zero-order chi connectivity index (χ0) is 23.4. The molecule has 3 aliphatic rings. The van der Waals surface area contributed by atoms with Gasteiger partial charge in [0.05, 0.1) is 18.0 Å². The molecule has 0 atom stereocenters. The first-order valence-electron chi connectivity index (χ1n) is 10.3. The predicted molar refractivity (Wildman–Crippen MR) is 141 cm³/mol. The Kier molecular flexibility index (Phi) is 7.93. The lowest BCUT2D eigenvalue weighted by molar-refractivity contribution is -0.435. The Morgan fingerprint density at radius 2 is 1.97 bits per heavy atom. The third-order valence-corrected chi connectivity index (χ3v) is 8.36. The highest BCUT2D eigenvalue weighted by atomic mass is 35.5. The van der Waals surface area contributed by atoms with Crippen LogP contribution in [0.4, 0.5) is 5.69 Å². The van der Waals surface area contributed by atoms with Gasteiger partial charge in [0.2, 0.25) is 0 Å². The highest BCUT2D eigenvalue weighted by Gasteiger charge is 2.41. The normalized spacial score (nSPS) is 20.3. The first kappa shape index (κ1) is 24.0. The van der Waals surface area contributed by atoms with Crippen molar-refractivity contribution in [2.45, 2.75) is 18.4 Å². The fourth-order valence-electron chi connectivity index (χ4n) is 3.30. The van der Waals surface area contributed by atoms with Gasteiger partial charge in [-0.1, -0.05) is 65.5 Å². The van der Waals surface area contributed by atoms with Crippen LogP contribution in [0.2, 0.25) is 5.02 Å². The molecule has 3 aliphatic heterocycles. The first-order valence-corrected chi connectivity index (χ1v) is 13.2. The van der Waals surface area contributed by atoms with E-state index in [2.05, 4.69) is 4.90 Å². The van der Waals surface area contributed by atoms with Crippen LogP contribution in [0.3, 0.4) is 0 Å². The maximum atomic E-state index is 12.9. The minimum Gasteiger partial charge on any atom is -0.457 e. The van der Waals surface area contributed by atoms with E-state index in [0.717, 1.165) is 30.7 Å². The number of carbonyl (C=O) groups is 1. The number of carbonyl (C=O) groups excluding carboxylic acids is 1. The second kappa shape index (κ2) is 10.9.